The summed E-state index contributed by atoms with van der Waals surface area (Å²) < 4.78 is 9.38. The van der Waals surface area contributed by atoms with Gasteiger partial charge in [-0.25, -0.2) is 4.79 Å². The van der Waals surface area contributed by atoms with Crippen molar-refractivity contribution in [1.29, 1.82) is 0 Å². The van der Waals surface area contributed by atoms with Gasteiger partial charge in [-0.1, -0.05) is 42.2 Å². The van der Waals surface area contributed by atoms with Crippen molar-refractivity contribution in [2.45, 2.75) is 12.8 Å². The van der Waals surface area contributed by atoms with Crippen molar-refractivity contribution in [3.8, 4) is 11.8 Å². The Morgan fingerprint density at radius 2 is 1.91 bits per heavy atom. The van der Waals surface area contributed by atoms with Crippen LogP contribution in [0.1, 0.15) is 12.8 Å². The number of esters is 2. The van der Waals surface area contributed by atoms with Gasteiger partial charge in [0.2, 0.25) is 0 Å². The molecule has 0 aromatic rings. The normalized spacial score (nSPS) is 22.8. The number of carbonyl (C=O) groups excluding carboxylic acids is 2. The molecular formula is C18H18O4. The molecule has 0 radical (unpaired) electrons. The number of hydrogen-bond donors (Lipinski definition) is 0. The number of rotatable bonds is 2. The molecule has 0 aromatic heterocycles. The average Bonchev–Trinajstić information content (AvgIpc) is 2.59. The van der Waals surface area contributed by atoms with Gasteiger partial charge in [0.05, 0.1) is 25.7 Å². The maximum atomic E-state index is 11.4. The van der Waals surface area contributed by atoms with E-state index < -0.39 is 0 Å². The topological polar surface area (TPSA) is 52.6 Å². The molecule has 2 atom stereocenters. The third-order valence-corrected chi connectivity index (χ3v) is 3.53. The van der Waals surface area contributed by atoms with Gasteiger partial charge in [0, 0.05) is 11.5 Å². The van der Waals surface area contributed by atoms with Crippen LogP contribution in [0.5, 0.6) is 0 Å². The van der Waals surface area contributed by atoms with Gasteiger partial charge in [0.15, 0.2) is 0 Å². The molecule has 0 saturated heterocycles. The summed E-state index contributed by atoms with van der Waals surface area (Å²) in [4.78, 5) is 22.8. The number of carbonyl (C=O) groups is 2. The highest BCUT2D eigenvalue weighted by Crippen LogP contribution is 2.19. The van der Waals surface area contributed by atoms with Gasteiger partial charge in [-0.2, -0.15) is 0 Å². The van der Waals surface area contributed by atoms with Crippen molar-refractivity contribution in [2.75, 3.05) is 14.2 Å². The van der Waals surface area contributed by atoms with Gasteiger partial charge >= 0.3 is 11.9 Å². The van der Waals surface area contributed by atoms with Gasteiger partial charge in [-0.15, -0.1) is 0 Å². The fourth-order valence-corrected chi connectivity index (χ4v) is 2.21. The lowest BCUT2D eigenvalue weighted by molar-refractivity contribution is -0.143. The number of allylic oxidation sites excluding steroid dienone is 5. The SMILES string of the molecule is COC(=O)C1=CCC(C#CC2=CCC(C(=O)OC)C=C2)C=C1. The maximum Gasteiger partial charge on any atom is 0.337 e. The standard InChI is InChI=1S/C18H18O4/c1-21-17(19)15-9-5-13(6-10-15)3-4-14-7-11-16(12-8-14)18(20)22-2/h5-7,9,11-12,14-15H,8,10H2,1-2H3. The summed E-state index contributed by atoms with van der Waals surface area (Å²) in [5.74, 6) is 5.58. The lowest BCUT2D eigenvalue weighted by Gasteiger charge is -2.12. The van der Waals surface area contributed by atoms with E-state index in [-0.39, 0.29) is 23.8 Å². The summed E-state index contributed by atoms with van der Waals surface area (Å²) in [7, 11) is 2.76. The Labute approximate surface area is 130 Å². The predicted molar refractivity (Wildman–Crippen MR) is 82.5 cm³/mol. The first-order valence-electron chi connectivity index (χ1n) is 7.08. The van der Waals surface area contributed by atoms with Crippen LogP contribution in [0.3, 0.4) is 0 Å². The summed E-state index contributed by atoms with van der Waals surface area (Å²) in [6.07, 6.45) is 12.4. The molecule has 2 aliphatic carbocycles. The minimum atomic E-state index is -0.325. The zero-order valence-electron chi connectivity index (χ0n) is 12.7. The molecule has 2 rings (SSSR count). The van der Waals surface area contributed by atoms with Crippen LogP contribution in [0.25, 0.3) is 0 Å². The largest absolute Gasteiger partial charge is 0.469 e. The Morgan fingerprint density at radius 3 is 2.45 bits per heavy atom. The second-order valence-electron chi connectivity index (χ2n) is 5.01. The Morgan fingerprint density at radius 1 is 1.09 bits per heavy atom. The molecule has 0 saturated carbocycles. The van der Waals surface area contributed by atoms with E-state index in [1.54, 1.807) is 6.08 Å². The Balaban J connectivity index is 1.92. The lowest BCUT2D eigenvalue weighted by atomic mass is 9.95. The second kappa shape index (κ2) is 7.46. The molecule has 0 heterocycles. The zero-order valence-corrected chi connectivity index (χ0v) is 12.7. The molecule has 4 heteroatoms. The molecule has 4 nitrogen and oxygen atoms in total. The molecule has 0 bridgehead atoms. The zero-order chi connectivity index (χ0) is 15.9. The van der Waals surface area contributed by atoms with Crippen LogP contribution in [0.4, 0.5) is 0 Å². The minimum Gasteiger partial charge on any atom is -0.469 e. The summed E-state index contributed by atoms with van der Waals surface area (Å²) in [5, 5.41) is 0. The third kappa shape index (κ3) is 3.98. The van der Waals surface area contributed by atoms with E-state index in [0.29, 0.717) is 18.4 Å². The summed E-state index contributed by atoms with van der Waals surface area (Å²) in [6, 6.07) is 0. The van der Waals surface area contributed by atoms with Gasteiger partial charge < -0.3 is 9.47 Å². The van der Waals surface area contributed by atoms with Gasteiger partial charge in [-0.3, -0.25) is 4.79 Å². The van der Waals surface area contributed by atoms with E-state index in [2.05, 4.69) is 16.6 Å². The van der Waals surface area contributed by atoms with Crippen LogP contribution >= 0.6 is 0 Å². The number of methoxy groups -OCH3 is 2. The van der Waals surface area contributed by atoms with Crippen molar-refractivity contribution in [3.05, 3.63) is 47.6 Å². The molecular weight excluding hydrogens is 280 g/mol. The maximum absolute atomic E-state index is 11.4. The van der Waals surface area contributed by atoms with E-state index in [1.165, 1.54) is 14.2 Å². The van der Waals surface area contributed by atoms with E-state index in [0.717, 1.165) is 5.57 Å². The highest BCUT2D eigenvalue weighted by atomic mass is 16.5. The van der Waals surface area contributed by atoms with Crippen molar-refractivity contribution < 1.29 is 19.1 Å². The first kappa shape index (κ1) is 15.8. The van der Waals surface area contributed by atoms with Gasteiger partial charge in [-0.05, 0) is 18.9 Å². The highest BCUT2D eigenvalue weighted by molar-refractivity contribution is 5.91. The van der Waals surface area contributed by atoms with E-state index in [1.807, 2.05) is 30.4 Å². The van der Waals surface area contributed by atoms with Gasteiger partial charge in [0.1, 0.15) is 0 Å². The average molecular weight is 298 g/mol. The first-order chi connectivity index (χ1) is 10.6. The van der Waals surface area contributed by atoms with Crippen LogP contribution in [0.2, 0.25) is 0 Å². The van der Waals surface area contributed by atoms with Crippen molar-refractivity contribution in [3.63, 3.8) is 0 Å². The third-order valence-electron chi connectivity index (χ3n) is 3.53. The smallest absolute Gasteiger partial charge is 0.337 e. The molecule has 2 unspecified atom stereocenters. The first-order valence-corrected chi connectivity index (χ1v) is 7.08. The fraction of sp³-hybridized carbons (Fsp3) is 0.333. The highest BCUT2D eigenvalue weighted by Gasteiger charge is 2.17. The van der Waals surface area contributed by atoms with Crippen LogP contribution in [0, 0.1) is 23.7 Å². The van der Waals surface area contributed by atoms with Crippen LogP contribution in [0.15, 0.2) is 47.6 Å². The van der Waals surface area contributed by atoms with E-state index >= 15 is 0 Å². The van der Waals surface area contributed by atoms with Crippen molar-refractivity contribution >= 4 is 11.9 Å². The fourth-order valence-electron chi connectivity index (χ4n) is 2.21. The molecule has 22 heavy (non-hydrogen) atoms. The molecule has 0 spiro atoms. The molecule has 114 valence electrons. The molecule has 0 fully saturated rings. The Kier molecular flexibility index (Phi) is 5.37. The Hall–Kier alpha value is -2.54. The van der Waals surface area contributed by atoms with E-state index in [9.17, 15) is 9.59 Å². The minimum absolute atomic E-state index is 0.0843. The molecule has 0 aromatic carbocycles. The van der Waals surface area contributed by atoms with Crippen LogP contribution in [-0.4, -0.2) is 26.2 Å². The monoisotopic (exact) mass is 298 g/mol. The summed E-state index contributed by atoms with van der Waals surface area (Å²) >= 11 is 0. The van der Waals surface area contributed by atoms with Crippen LogP contribution in [-0.2, 0) is 19.1 Å². The van der Waals surface area contributed by atoms with Crippen LogP contribution < -0.4 is 0 Å². The van der Waals surface area contributed by atoms with Gasteiger partial charge in [0.25, 0.3) is 0 Å². The summed E-state index contributed by atoms with van der Waals surface area (Å²) in [5.41, 5.74) is 1.47. The quantitative estimate of drug-likeness (QED) is 0.580. The molecule has 2 aliphatic rings. The van der Waals surface area contributed by atoms with E-state index in [4.69, 9.17) is 4.74 Å². The Bertz CT molecular complexity index is 638. The predicted octanol–water partition coefficient (Wildman–Crippen LogP) is 2.34. The molecule has 0 N–H and O–H groups in total. The molecule has 0 amide bonds. The number of ether oxygens (including phenoxy) is 2. The van der Waals surface area contributed by atoms with Crippen molar-refractivity contribution in [1.82, 2.24) is 0 Å². The lowest BCUT2D eigenvalue weighted by Crippen LogP contribution is -2.14. The number of hydrogen-bond acceptors (Lipinski definition) is 4. The molecule has 0 aliphatic heterocycles. The second-order valence-corrected chi connectivity index (χ2v) is 5.01. The van der Waals surface area contributed by atoms with Crippen molar-refractivity contribution in [2.24, 2.45) is 11.8 Å². The summed E-state index contributed by atoms with van der Waals surface area (Å²) in [6.45, 7) is 0.